The molecular weight excluding hydrogens is 385 g/mol. The summed E-state index contributed by atoms with van der Waals surface area (Å²) in [6.45, 7) is 7.95. The Morgan fingerprint density at radius 2 is 2.15 bits per heavy atom. The molecule has 1 aromatic heterocycles. The Hall–Kier alpha value is -0.440. The molecule has 0 spiro atoms. The highest BCUT2D eigenvalue weighted by atomic mass is 127. The molecule has 20 heavy (non-hydrogen) atoms. The standard InChI is InChI=1S/C13H23N5S.HI/c1-11(2)10-18-4-3-15-12(18)9-16-13(14)17-5-7-19-8-6-17;/h3-4,11H,5-10H2,1-2H3,(H2,14,16);1H. The van der Waals surface area contributed by atoms with E-state index in [4.69, 9.17) is 5.73 Å². The van der Waals surface area contributed by atoms with Crippen LogP contribution < -0.4 is 5.73 Å². The fourth-order valence-corrected chi connectivity index (χ4v) is 3.00. The van der Waals surface area contributed by atoms with Gasteiger partial charge in [-0.15, -0.1) is 24.0 Å². The van der Waals surface area contributed by atoms with Crippen molar-refractivity contribution in [3.63, 3.8) is 0 Å². The third-order valence-corrected chi connectivity index (χ3v) is 4.02. The maximum absolute atomic E-state index is 6.05. The van der Waals surface area contributed by atoms with E-state index in [1.807, 2.05) is 24.2 Å². The van der Waals surface area contributed by atoms with Gasteiger partial charge in [-0.25, -0.2) is 9.98 Å². The molecule has 1 aliphatic rings. The Kier molecular flexibility index (Phi) is 7.71. The third kappa shape index (κ3) is 5.16. The molecule has 0 unspecified atom stereocenters. The summed E-state index contributed by atoms with van der Waals surface area (Å²) in [7, 11) is 0. The van der Waals surface area contributed by atoms with E-state index in [1.54, 1.807) is 0 Å². The first-order valence-corrected chi connectivity index (χ1v) is 7.95. The summed E-state index contributed by atoms with van der Waals surface area (Å²) in [4.78, 5) is 11.0. The van der Waals surface area contributed by atoms with Gasteiger partial charge in [0, 0.05) is 43.5 Å². The molecule has 5 nitrogen and oxygen atoms in total. The van der Waals surface area contributed by atoms with Crippen LogP contribution in [0.25, 0.3) is 0 Å². The van der Waals surface area contributed by atoms with Crippen LogP contribution in [0.15, 0.2) is 17.4 Å². The van der Waals surface area contributed by atoms with Gasteiger partial charge in [0.25, 0.3) is 0 Å². The van der Waals surface area contributed by atoms with Gasteiger partial charge < -0.3 is 15.2 Å². The highest BCUT2D eigenvalue weighted by Gasteiger charge is 2.12. The van der Waals surface area contributed by atoms with Crippen molar-refractivity contribution in [1.82, 2.24) is 14.5 Å². The summed E-state index contributed by atoms with van der Waals surface area (Å²) in [5.41, 5.74) is 6.05. The maximum Gasteiger partial charge on any atom is 0.191 e. The minimum Gasteiger partial charge on any atom is -0.370 e. The van der Waals surface area contributed by atoms with E-state index in [9.17, 15) is 0 Å². The smallest absolute Gasteiger partial charge is 0.191 e. The maximum atomic E-state index is 6.05. The molecular formula is C13H24IN5S. The Morgan fingerprint density at radius 1 is 1.45 bits per heavy atom. The fourth-order valence-electron chi connectivity index (χ4n) is 2.10. The van der Waals surface area contributed by atoms with Gasteiger partial charge in [0.2, 0.25) is 0 Å². The Balaban J connectivity index is 0.00000200. The van der Waals surface area contributed by atoms with Gasteiger partial charge in [0.05, 0.1) is 0 Å². The average molecular weight is 409 g/mol. The summed E-state index contributed by atoms with van der Waals surface area (Å²) >= 11 is 1.97. The Morgan fingerprint density at radius 3 is 2.80 bits per heavy atom. The van der Waals surface area contributed by atoms with Crippen molar-refractivity contribution in [2.75, 3.05) is 24.6 Å². The molecule has 0 radical (unpaired) electrons. The molecule has 2 rings (SSSR count). The van der Waals surface area contributed by atoms with E-state index in [0.29, 0.717) is 18.4 Å². The lowest BCUT2D eigenvalue weighted by molar-refractivity contribution is 0.454. The molecule has 0 aliphatic carbocycles. The molecule has 1 saturated heterocycles. The number of thioether (sulfide) groups is 1. The molecule has 1 fully saturated rings. The number of hydrogen-bond acceptors (Lipinski definition) is 3. The largest absolute Gasteiger partial charge is 0.370 e. The van der Waals surface area contributed by atoms with Crippen LogP contribution in [0.3, 0.4) is 0 Å². The topological polar surface area (TPSA) is 59.4 Å². The summed E-state index contributed by atoms with van der Waals surface area (Å²) in [6, 6.07) is 0. The first-order chi connectivity index (χ1) is 9.16. The second kappa shape index (κ2) is 8.76. The SMILES string of the molecule is CC(C)Cn1ccnc1CN=C(N)N1CCSCC1.I. The Bertz CT molecular complexity index is 426. The second-order valence-corrected chi connectivity index (χ2v) is 6.39. The fraction of sp³-hybridized carbons (Fsp3) is 0.692. The van der Waals surface area contributed by atoms with Gasteiger partial charge in [-0.2, -0.15) is 11.8 Å². The summed E-state index contributed by atoms with van der Waals surface area (Å²) < 4.78 is 2.16. The van der Waals surface area contributed by atoms with Crippen LogP contribution in [0.2, 0.25) is 0 Å². The molecule has 7 heteroatoms. The highest BCUT2D eigenvalue weighted by molar-refractivity contribution is 14.0. The zero-order valence-electron chi connectivity index (χ0n) is 12.2. The van der Waals surface area contributed by atoms with E-state index in [2.05, 4.69) is 33.3 Å². The van der Waals surface area contributed by atoms with Crippen molar-refractivity contribution >= 4 is 41.7 Å². The molecule has 1 aliphatic heterocycles. The molecule has 1 aromatic rings. The number of imidazole rings is 1. The van der Waals surface area contributed by atoms with Gasteiger partial charge in [0.15, 0.2) is 5.96 Å². The van der Waals surface area contributed by atoms with Gasteiger partial charge >= 0.3 is 0 Å². The lowest BCUT2D eigenvalue weighted by atomic mass is 10.2. The van der Waals surface area contributed by atoms with Crippen LogP contribution >= 0.6 is 35.7 Å². The summed E-state index contributed by atoms with van der Waals surface area (Å²) in [5, 5.41) is 0. The molecule has 2 heterocycles. The zero-order chi connectivity index (χ0) is 13.7. The van der Waals surface area contributed by atoms with E-state index in [0.717, 1.165) is 37.0 Å². The molecule has 0 amide bonds. The summed E-state index contributed by atoms with van der Waals surface area (Å²) in [5.74, 6) is 4.52. The molecule has 114 valence electrons. The molecule has 0 aromatic carbocycles. The monoisotopic (exact) mass is 409 g/mol. The highest BCUT2D eigenvalue weighted by Crippen LogP contribution is 2.09. The first kappa shape index (κ1) is 17.6. The molecule has 2 N–H and O–H groups in total. The van der Waals surface area contributed by atoms with Gasteiger partial charge in [-0.05, 0) is 5.92 Å². The van der Waals surface area contributed by atoms with Crippen molar-refractivity contribution in [1.29, 1.82) is 0 Å². The van der Waals surface area contributed by atoms with Crippen LogP contribution in [-0.2, 0) is 13.1 Å². The number of guanidine groups is 1. The number of rotatable bonds is 4. The number of nitrogens with two attached hydrogens (primary N) is 1. The molecule has 0 saturated carbocycles. The predicted octanol–water partition coefficient (Wildman–Crippen LogP) is 2.02. The number of halogens is 1. The van der Waals surface area contributed by atoms with Gasteiger partial charge in [-0.1, -0.05) is 13.8 Å². The lowest BCUT2D eigenvalue weighted by Crippen LogP contribution is -2.42. The normalized spacial score (nSPS) is 16.4. The van der Waals surface area contributed by atoms with Crippen LogP contribution in [0.1, 0.15) is 19.7 Å². The Labute approximate surface area is 142 Å². The number of aliphatic imine (C=N–C) groups is 1. The van der Waals surface area contributed by atoms with Crippen molar-refractivity contribution < 1.29 is 0 Å². The first-order valence-electron chi connectivity index (χ1n) is 6.79. The lowest BCUT2D eigenvalue weighted by Gasteiger charge is -2.27. The number of hydrogen-bond donors (Lipinski definition) is 1. The van der Waals surface area contributed by atoms with E-state index in [-0.39, 0.29) is 24.0 Å². The quantitative estimate of drug-likeness (QED) is 0.470. The van der Waals surface area contributed by atoms with E-state index >= 15 is 0 Å². The molecule has 0 atom stereocenters. The second-order valence-electron chi connectivity index (χ2n) is 5.16. The van der Waals surface area contributed by atoms with Crippen molar-refractivity contribution in [2.45, 2.75) is 26.9 Å². The average Bonchev–Trinajstić information content (AvgIpc) is 2.83. The summed E-state index contributed by atoms with van der Waals surface area (Å²) in [6.07, 6.45) is 3.85. The number of aromatic nitrogens is 2. The van der Waals surface area contributed by atoms with E-state index < -0.39 is 0 Å². The minimum atomic E-state index is 0. The third-order valence-electron chi connectivity index (χ3n) is 3.08. The van der Waals surface area contributed by atoms with Crippen molar-refractivity contribution in [3.05, 3.63) is 18.2 Å². The van der Waals surface area contributed by atoms with Gasteiger partial charge in [-0.3, -0.25) is 0 Å². The van der Waals surface area contributed by atoms with Crippen molar-refractivity contribution in [2.24, 2.45) is 16.6 Å². The van der Waals surface area contributed by atoms with Crippen LogP contribution in [0.4, 0.5) is 0 Å². The van der Waals surface area contributed by atoms with Gasteiger partial charge in [0.1, 0.15) is 12.4 Å². The minimum absolute atomic E-state index is 0. The number of nitrogens with zero attached hydrogens (tertiary/aromatic N) is 4. The predicted molar refractivity (Wildman–Crippen MR) is 96.7 cm³/mol. The van der Waals surface area contributed by atoms with E-state index in [1.165, 1.54) is 0 Å². The zero-order valence-corrected chi connectivity index (χ0v) is 15.3. The van der Waals surface area contributed by atoms with Crippen molar-refractivity contribution in [3.8, 4) is 0 Å². The van der Waals surface area contributed by atoms with Crippen LogP contribution in [0.5, 0.6) is 0 Å². The van der Waals surface area contributed by atoms with Crippen LogP contribution in [0, 0.1) is 5.92 Å². The van der Waals surface area contributed by atoms with Crippen LogP contribution in [-0.4, -0.2) is 45.0 Å². The molecule has 0 bridgehead atoms.